The highest BCUT2D eigenvalue weighted by Gasteiger charge is 2.23. The molecule has 1 aliphatic heterocycles. The van der Waals surface area contributed by atoms with Crippen LogP contribution in [0.1, 0.15) is 18.4 Å². The zero-order chi connectivity index (χ0) is 13.8. The second-order valence-corrected chi connectivity index (χ2v) is 5.61. The van der Waals surface area contributed by atoms with Crippen LogP contribution in [-0.4, -0.2) is 41.8 Å². The first kappa shape index (κ1) is 14.1. The van der Waals surface area contributed by atoms with Crippen molar-refractivity contribution in [2.75, 3.05) is 20.1 Å². The van der Waals surface area contributed by atoms with Gasteiger partial charge in [0, 0.05) is 31.0 Å². The fourth-order valence-corrected chi connectivity index (χ4v) is 2.54. The Morgan fingerprint density at radius 2 is 2.16 bits per heavy atom. The van der Waals surface area contributed by atoms with E-state index in [1.54, 1.807) is 16.8 Å². The molecule has 1 heterocycles. The van der Waals surface area contributed by atoms with Crippen LogP contribution in [0.4, 0.5) is 0 Å². The van der Waals surface area contributed by atoms with Gasteiger partial charge in [-0.2, -0.15) is 0 Å². The molecule has 102 valence electrons. The van der Waals surface area contributed by atoms with E-state index in [1.807, 2.05) is 24.3 Å². The van der Waals surface area contributed by atoms with Gasteiger partial charge in [0.25, 0.3) is 0 Å². The maximum atomic E-state index is 12.1. The van der Waals surface area contributed by atoms with Gasteiger partial charge in [0.15, 0.2) is 0 Å². The van der Waals surface area contributed by atoms with Crippen molar-refractivity contribution in [1.29, 1.82) is 0 Å². The van der Waals surface area contributed by atoms with Gasteiger partial charge in [-0.3, -0.25) is 9.59 Å². The average molecular weight is 325 g/mol. The van der Waals surface area contributed by atoms with Gasteiger partial charge in [-0.05, 0) is 18.1 Å². The van der Waals surface area contributed by atoms with E-state index in [4.69, 9.17) is 0 Å². The van der Waals surface area contributed by atoms with Crippen molar-refractivity contribution in [3.8, 4) is 0 Å². The van der Waals surface area contributed by atoms with E-state index in [9.17, 15) is 9.59 Å². The third-order valence-corrected chi connectivity index (χ3v) is 4.06. The van der Waals surface area contributed by atoms with Gasteiger partial charge in [-0.15, -0.1) is 0 Å². The van der Waals surface area contributed by atoms with Crippen LogP contribution in [-0.2, 0) is 16.1 Å². The van der Waals surface area contributed by atoms with Crippen LogP contribution in [0.3, 0.4) is 0 Å². The number of likely N-dealkylation sites (N-methyl/N-ethyl adjacent to an activating group) is 1. The highest BCUT2D eigenvalue weighted by molar-refractivity contribution is 9.10. The van der Waals surface area contributed by atoms with Crippen LogP contribution >= 0.6 is 15.9 Å². The molecule has 1 fully saturated rings. The van der Waals surface area contributed by atoms with Crippen LogP contribution in [0.25, 0.3) is 0 Å². The van der Waals surface area contributed by atoms with Crippen molar-refractivity contribution >= 4 is 27.7 Å². The van der Waals surface area contributed by atoms with E-state index in [-0.39, 0.29) is 18.4 Å². The molecule has 0 aliphatic carbocycles. The van der Waals surface area contributed by atoms with Gasteiger partial charge >= 0.3 is 0 Å². The number of carbonyl (C=O) groups is 2. The van der Waals surface area contributed by atoms with Crippen molar-refractivity contribution in [2.24, 2.45) is 0 Å². The summed E-state index contributed by atoms with van der Waals surface area (Å²) in [5, 5.41) is 0. The third-order valence-electron chi connectivity index (χ3n) is 3.29. The highest BCUT2D eigenvalue weighted by atomic mass is 79.9. The Labute approximate surface area is 121 Å². The summed E-state index contributed by atoms with van der Waals surface area (Å²) in [5.41, 5.74) is 1.06. The number of nitrogens with zero attached hydrogens (tertiary/aromatic N) is 2. The molecule has 0 radical (unpaired) electrons. The summed E-state index contributed by atoms with van der Waals surface area (Å²) in [4.78, 5) is 26.9. The standard InChI is InChI=1S/C14H17BrN2O2/c1-16(9-11-5-2-3-6-12(11)15)14(19)10-17-8-4-7-13(17)18/h2-3,5-6H,4,7-10H2,1H3. The summed E-state index contributed by atoms with van der Waals surface area (Å²) in [6, 6.07) is 7.83. The van der Waals surface area contributed by atoms with Crippen molar-refractivity contribution in [3.63, 3.8) is 0 Å². The minimum Gasteiger partial charge on any atom is -0.340 e. The van der Waals surface area contributed by atoms with Crippen molar-refractivity contribution in [3.05, 3.63) is 34.3 Å². The minimum absolute atomic E-state index is 0.0222. The second-order valence-electron chi connectivity index (χ2n) is 4.76. The number of carbonyl (C=O) groups excluding carboxylic acids is 2. The first-order valence-electron chi connectivity index (χ1n) is 6.33. The smallest absolute Gasteiger partial charge is 0.242 e. The lowest BCUT2D eigenvalue weighted by atomic mass is 10.2. The molecule has 1 aromatic rings. The maximum absolute atomic E-state index is 12.1. The number of hydrogen-bond donors (Lipinski definition) is 0. The largest absolute Gasteiger partial charge is 0.340 e. The Hall–Kier alpha value is -1.36. The van der Waals surface area contributed by atoms with Crippen LogP contribution < -0.4 is 0 Å². The van der Waals surface area contributed by atoms with E-state index in [0.29, 0.717) is 19.5 Å². The molecule has 0 atom stereocenters. The SMILES string of the molecule is CN(Cc1ccccc1Br)C(=O)CN1CCCC1=O. The Morgan fingerprint density at radius 3 is 2.79 bits per heavy atom. The van der Waals surface area contributed by atoms with Gasteiger partial charge < -0.3 is 9.80 Å². The van der Waals surface area contributed by atoms with Gasteiger partial charge in [0.2, 0.25) is 11.8 Å². The molecule has 0 bridgehead atoms. The van der Waals surface area contributed by atoms with Crippen LogP contribution in [0.2, 0.25) is 0 Å². The quantitative estimate of drug-likeness (QED) is 0.850. The van der Waals surface area contributed by atoms with Gasteiger partial charge in [-0.25, -0.2) is 0 Å². The summed E-state index contributed by atoms with van der Waals surface area (Å²) in [5.74, 6) is 0.0636. The molecule has 2 amide bonds. The van der Waals surface area contributed by atoms with Crippen LogP contribution in [0, 0.1) is 0 Å². The van der Waals surface area contributed by atoms with Gasteiger partial charge in [0.1, 0.15) is 0 Å². The molecule has 1 saturated heterocycles. The molecular weight excluding hydrogens is 308 g/mol. The zero-order valence-electron chi connectivity index (χ0n) is 10.9. The third kappa shape index (κ3) is 3.56. The summed E-state index contributed by atoms with van der Waals surface area (Å²) >= 11 is 3.47. The number of amides is 2. The predicted molar refractivity (Wildman–Crippen MR) is 76.4 cm³/mol. The molecule has 4 nitrogen and oxygen atoms in total. The Kier molecular flexibility index (Phi) is 4.58. The molecule has 19 heavy (non-hydrogen) atoms. The molecule has 1 aliphatic rings. The van der Waals surface area contributed by atoms with Crippen molar-refractivity contribution in [1.82, 2.24) is 9.80 Å². The number of benzene rings is 1. The van der Waals surface area contributed by atoms with E-state index in [0.717, 1.165) is 16.5 Å². The number of likely N-dealkylation sites (tertiary alicyclic amines) is 1. The molecular formula is C14H17BrN2O2. The minimum atomic E-state index is -0.0222. The normalized spacial score (nSPS) is 14.8. The molecule has 5 heteroatoms. The number of rotatable bonds is 4. The lowest BCUT2D eigenvalue weighted by Crippen LogP contribution is -2.38. The molecule has 0 N–H and O–H groups in total. The molecule has 1 aromatic carbocycles. The molecule has 0 unspecified atom stereocenters. The van der Waals surface area contributed by atoms with Crippen molar-refractivity contribution in [2.45, 2.75) is 19.4 Å². The summed E-state index contributed by atoms with van der Waals surface area (Å²) in [7, 11) is 1.77. The Morgan fingerprint density at radius 1 is 1.42 bits per heavy atom. The van der Waals surface area contributed by atoms with E-state index >= 15 is 0 Å². The Bertz CT molecular complexity index is 490. The van der Waals surface area contributed by atoms with Gasteiger partial charge in [0.05, 0.1) is 6.54 Å². The first-order valence-corrected chi connectivity index (χ1v) is 7.12. The average Bonchev–Trinajstić information content (AvgIpc) is 2.78. The van der Waals surface area contributed by atoms with E-state index in [1.165, 1.54) is 0 Å². The van der Waals surface area contributed by atoms with E-state index in [2.05, 4.69) is 15.9 Å². The lowest BCUT2D eigenvalue weighted by Gasteiger charge is -2.22. The van der Waals surface area contributed by atoms with Crippen molar-refractivity contribution < 1.29 is 9.59 Å². The summed E-state index contributed by atoms with van der Waals surface area (Å²) in [6.45, 7) is 1.44. The lowest BCUT2D eigenvalue weighted by molar-refractivity contribution is -0.137. The zero-order valence-corrected chi connectivity index (χ0v) is 12.5. The molecule has 0 saturated carbocycles. The molecule has 0 aromatic heterocycles. The first-order chi connectivity index (χ1) is 9.08. The Balaban J connectivity index is 1.92. The van der Waals surface area contributed by atoms with Gasteiger partial charge in [-0.1, -0.05) is 34.1 Å². The molecule has 2 rings (SSSR count). The summed E-state index contributed by atoms with van der Waals surface area (Å²) in [6.07, 6.45) is 1.43. The highest BCUT2D eigenvalue weighted by Crippen LogP contribution is 2.17. The number of hydrogen-bond acceptors (Lipinski definition) is 2. The monoisotopic (exact) mass is 324 g/mol. The summed E-state index contributed by atoms with van der Waals surface area (Å²) < 4.78 is 0.992. The number of halogens is 1. The topological polar surface area (TPSA) is 40.6 Å². The second kappa shape index (κ2) is 6.19. The van der Waals surface area contributed by atoms with Crippen LogP contribution in [0.5, 0.6) is 0 Å². The fourth-order valence-electron chi connectivity index (χ4n) is 2.13. The predicted octanol–water partition coefficient (Wildman–Crippen LogP) is 2.03. The van der Waals surface area contributed by atoms with E-state index < -0.39 is 0 Å². The molecule has 0 spiro atoms. The fraction of sp³-hybridized carbons (Fsp3) is 0.429. The maximum Gasteiger partial charge on any atom is 0.242 e. The van der Waals surface area contributed by atoms with Crippen LogP contribution in [0.15, 0.2) is 28.7 Å².